The van der Waals surface area contributed by atoms with Gasteiger partial charge in [-0.1, -0.05) is 32.4 Å². The molecule has 1 atom stereocenters. The Labute approximate surface area is 115 Å². The van der Waals surface area contributed by atoms with Crippen molar-refractivity contribution in [3.8, 4) is 5.75 Å². The highest BCUT2D eigenvalue weighted by molar-refractivity contribution is 7.91. The molecule has 0 fully saturated rings. The molecular weight excluding hydrogens is 262 g/mol. The average Bonchev–Trinajstić information content (AvgIpc) is 2.38. The van der Waals surface area contributed by atoms with Crippen LogP contribution >= 0.6 is 0 Å². The van der Waals surface area contributed by atoms with Gasteiger partial charge < -0.3 is 10.5 Å². The molecule has 5 heteroatoms. The Morgan fingerprint density at radius 2 is 1.89 bits per heavy atom. The maximum Gasteiger partial charge on any atom is 0.153 e. The van der Waals surface area contributed by atoms with Crippen LogP contribution in [-0.2, 0) is 16.4 Å². The molecule has 0 aliphatic rings. The molecule has 0 heterocycles. The summed E-state index contributed by atoms with van der Waals surface area (Å²) in [5.74, 6) is 1.18. The van der Waals surface area contributed by atoms with E-state index in [1.165, 1.54) is 0 Å². The van der Waals surface area contributed by atoms with Crippen LogP contribution in [0.1, 0.15) is 25.8 Å². The normalized spacial score (nSPS) is 13.2. The van der Waals surface area contributed by atoms with E-state index < -0.39 is 9.84 Å². The van der Waals surface area contributed by atoms with E-state index in [4.69, 9.17) is 10.5 Å². The van der Waals surface area contributed by atoms with Crippen LogP contribution in [0, 0.1) is 5.92 Å². The maximum absolute atomic E-state index is 11.8. The molecule has 4 nitrogen and oxygen atoms in total. The van der Waals surface area contributed by atoms with Crippen molar-refractivity contribution in [2.45, 2.75) is 26.8 Å². The molecule has 108 valence electrons. The predicted molar refractivity (Wildman–Crippen MR) is 77.9 cm³/mol. The number of benzene rings is 1. The zero-order chi connectivity index (χ0) is 14.3. The second kappa shape index (κ2) is 7.50. The van der Waals surface area contributed by atoms with Gasteiger partial charge in [-0.25, -0.2) is 8.42 Å². The molecule has 1 aromatic carbocycles. The molecule has 0 aromatic heterocycles. The summed E-state index contributed by atoms with van der Waals surface area (Å²) in [6.07, 6.45) is 0.876. The van der Waals surface area contributed by atoms with Crippen molar-refractivity contribution >= 4 is 9.84 Å². The molecule has 1 rings (SSSR count). The highest BCUT2D eigenvalue weighted by Crippen LogP contribution is 2.12. The zero-order valence-electron chi connectivity index (χ0n) is 11.6. The lowest BCUT2D eigenvalue weighted by molar-refractivity contribution is 0.340. The number of nitrogens with two attached hydrogens (primary N) is 1. The first-order valence-electron chi connectivity index (χ1n) is 6.59. The van der Waals surface area contributed by atoms with E-state index in [-0.39, 0.29) is 24.0 Å². The van der Waals surface area contributed by atoms with Gasteiger partial charge in [0.1, 0.15) is 12.4 Å². The summed E-state index contributed by atoms with van der Waals surface area (Å²) in [4.78, 5) is 0. The van der Waals surface area contributed by atoms with Crippen molar-refractivity contribution in [2.24, 2.45) is 11.7 Å². The van der Waals surface area contributed by atoms with Crippen LogP contribution in [0.4, 0.5) is 0 Å². The molecule has 2 N–H and O–H groups in total. The fraction of sp³-hybridized carbons (Fsp3) is 0.571. The summed E-state index contributed by atoms with van der Waals surface area (Å²) >= 11 is 0. The minimum atomic E-state index is -3.02. The number of sulfone groups is 1. The van der Waals surface area contributed by atoms with Crippen molar-refractivity contribution in [3.63, 3.8) is 0 Å². The van der Waals surface area contributed by atoms with Crippen LogP contribution < -0.4 is 10.5 Å². The molecule has 0 radical (unpaired) electrons. The van der Waals surface area contributed by atoms with E-state index >= 15 is 0 Å². The Bertz CT molecular complexity index is 468. The van der Waals surface area contributed by atoms with Gasteiger partial charge in [0.2, 0.25) is 0 Å². The standard InChI is InChI=1S/C14H23NO3S/c1-3-12(2)11-19(16,17)9-8-18-14-6-4-13(10-15)5-7-14/h4-7,12H,3,8-11,15H2,1-2H3. The summed E-state index contributed by atoms with van der Waals surface area (Å²) in [7, 11) is -3.02. The Morgan fingerprint density at radius 3 is 2.42 bits per heavy atom. The Balaban J connectivity index is 2.40. The maximum atomic E-state index is 11.8. The molecule has 0 aliphatic heterocycles. The zero-order valence-corrected chi connectivity index (χ0v) is 12.4. The second-order valence-electron chi connectivity index (χ2n) is 4.82. The van der Waals surface area contributed by atoms with Gasteiger partial charge in [0, 0.05) is 6.54 Å². The molecule has 0 amide bonds. The van der Waals surface area contributed by atoms with Gasteiger partial charge in [-0.2, -0.15) is 0 Å². The van der Waals surface area contributed by atoms with E-state index in [9.17, 15) is 8.42 Å². The topological polar surface area (TPSA) is 69.4 Å². The first-order valence-corrected chi connectivity index (χ1v) is 8.41. The predicted octanol–water partition coefficient (Wildman–Crippen LogP) is 1.98. The molecular formula is C14H23NO3S. The number of ether oxygens (including phenoxy) is 1. The lowest BCUT2D eigenvalue weighted by Gasteiger charge is -2.10. The van der Waals surface area contributed by atoms with Gasteiger partial charge in [-0.15, -0.1) is 0 Å². The van der Waals surface area contributed by atoms with Gasteiger partial charge in [-0.05, 0) is 23.6 Å². The molecule has 0 bridgehead atoms. The van der Waals surface area contributed by atoms with Crippen molar-refractivity contribution in [1.29, 1.82) is 0 Å². The molecule has 0 spiro atoms. The molecule has 0 aliphatic carbocycles. The number of hydrogen-bond donors (Lipinski definition) is 1. The molecule has 0 saturated heterocycles. The van der Waals surface area contributed by atoms with Gasteiger partial charge in [-0.3, -0.25) is 0 Å². The SMILES string of the molecule is CCC(C)CS(=O)(=O)CCOc1ccc(CN)cc1. The van der Waals surface area contributed by atoms with E-state index in [0.29, 0.717) is 12.3 Å². The van der Waals surface area contributed by atoms with Gasteiger partial charge in [0.15, 0.2) is 9.84 Å². The molecule has 0 saturated carbocycles. The fourth-order valence-corrected chi connectivity index (χ4v) is 3.25. The van der Waals surface area contributed by atoms with Crippen LogP contribution in [0.2, 0.25) is 0 Å². The minimum Gasteiger partial charge on any atom is -0.493 e. The third-order valence-electron chi connectivity index (χ3n) is 3.06. The van der Waals surface area contributed by atoms with E-state index in [1.807, 2.05) is 38.1 Å². The number of rotatable bonds is 8. The quantitative estimate of drug-likeness (QED) is 0.793. The van der Waals surface area contributed by atoms with Gasteiger partial charge >= 0.3 is 0 Å². The van der Waals surface area contributed by atoms with Crippen LogP contribution in [0.3, 0.4) is 0 Å². The van der Waals surface area contributed by atoms with Gasteiger partial charge in [0.05, 0.1) is 11.5 Å². The van der Waals surface area contributed by atoms with Crippen molar-refractivity contribution in [2.75, 3.05) is 18.1 Å². The third kappa shape index (κ3) is 6.07. The van der Waals surface area contributed by atoms with Gasteiger partial charge in [0.25, 0.3) is 0 Å². The van der Waals surface area contributed by atoms with Crippen LogP contribution in [0.15, 0.2) is 24.3 Å². The highest BCUT2D eigenvalue weighted by Gasteiger charge is 2.14. The first-order chi connectivity index (χ1) is 8.96. The lowest BCUT2D eigenvalue weighted by Crippen LogP contribution is -2.20. The van der Waals surface area contributed by atoms with Crippen LogP contribution in [-0.4, -0.2) is 26.5 Å². The fourth-order valence-electron chi connectivity index (χ4n) is 1.64. The Kier molecular flexibility index (Phi) is 6.31. The van der Waals surface area contributed by atoms with Crippen molar-refractivity contribution < 1.29 is 13.2 Å². The smallest absolute Gasteiger partial charge is 0.153 e. The minimum absolute atomic E-state index is 0.0655. The largest absolute Gasteiger partial charge is 0.493 e. The summed E-state index contributed by atoms with van der Waals surface area (Å²) in [6.45, 7) is 4.63. The molecule has 1 unspecified atom stereocenters. The monoisotopic (exact) mass is 285 g/mol. The average molecular weight is 285 g/mol. The van der Waals surface area contributed by atoms with Crippen LogP contribution in [0.25, 0.3) is 0 Å². The van der Waals surface area contributed by atoms with E-state index in [1.54, 1.807) is 0 Å². The molecule has 19 heavy (non-hydrogen) atoms. The summed E-state index contributed by atoms with van der Waals surface area (Å²) in [5.41, 5.74) is 6.52. The molecule has 1 aromatic rings. The second-order valence-corrected chi connectivity index (χ2v) is 7.05. The van der Waals surface area contributed by atoms with E-state index in [2.05, 4.69) is 0 Å². The van der Waals surface area contributed by atoms with Crippen molar-refractivity contribution in [1.82, 2.24) is 0 Å². The third-order valence-corrected chi connectivity index (χ3v) is 4.92. The summed E-state index contributed by atoms with van der Waals surface area (Å²) < 4.78 is 29.0. The van der Waals surface area contributed by atoms with E-state index in [0.717, 1.165) is 12.0 Å². The van der Waals surface area contributed by atoms with Crippen molar-refractivity contribution in [3.05, 3.63) is 29.8 Å². The first kappa shape index (κ1) is 16.0. The lowest BCUT2D eigenvalue weighted by atomic mass is 10.2. The van der Waals surface area contributed by atoms with Crippen LogP contribution in [0.5, 0.6) is 5.75 Å². The highest BCUT2D eigenvalue weighted by atomic mass is 32.2. The Hall–Kier alpha value is -1.07. The summed E-state index contributed by atoms with van der Waals surface area (Å²) in [6, 6.07) is 7.37. The Morgan fingerprint density at radius 1 is 1.26 bits per heavy atom. The number of hydrogen-bond acceptors (Lipinski definition) is 4. The summed E-state index contributed by atoms with van der Waals surface area (Å²) in [5, 5.41) is 0.